The summed E-state index contributed by atoms with van der Waals surface area (Å²) in [5.41, 5.74) is 6.78. The van der Waals surface area contributed by atoms with Crippen LogP contribution in [0, 0.1) is 0 Å². The molecule has 0 fully saturated rings. The van der Waals surface area contributed by atoms with E-state index in [0.717, 1.165) is 17.7 Å². The molecule has 1 rings (SSSR count). The van der Waals surface area contributed by atoms with E-state index in [2.05, 4.69) is 6.92 Å². The molecule has 0 aliphatic rings. The first kappa shape index (κ1) is 11.3. The van der Waals surface area contributed by atoms with Gasteiger partial charge in [-0.1, -0.05) is 18.5 Å². The summed E-state index contributed by atoms with van der Waals surface area (Å²) in [6.45, 7) is 4.70. The number of rotatable bonds is 4. The Morgan fingerprint density at radius 3 is 2.79 bits per heavy atom. The van der Waals surface area contributed by atoms with Crippen LogP contribution in [0.2, 0.25) is 5.02 Å². The lowest BCUT2D eigenvalue weighted by atomic mass is 10.1. The highest BCUT2D eigenvalue weighted by molar-refractivity contribution is 6.30. The van der Waals surface area contributed by atoms with Crippen molar-refractivity contribution in [3.8, 4) is 5.75 Å². The molecule has 1 aromatic carbocycles. The van der Waals surface area contributed by atoms with Gasteiger partial charge in [-0.2, -0.15) is 0 Å². The highest BCUT2D eigenvalue weighted by atomic mass is 35.5. The number of halogens is 1. The second kappa shape index (κ2) is 5.23. The molecule has 78 valence electrons. The first-order valence-corrected chi connectivity index (χ1v) is 5.20. The molecule has 14 heavy (non-hydrogen) atoms. The number of hydrogen-bond acceptors (Lipinski definition) is 2. The monoisotopic (exact) mass is 213 g/mol. The summed E-state index contributed by atoms with van der Waals surface area (Å²) < 4.78 is 5.56. The fraction of sp³-hybridized carbons (Fsp3) is 0.455. The van der Waals surface area contributed by atoms with E-state index in [1.165, 1.54) is 0 Å². The first-order valence-electron chi connectivity index (χ1n) is 4.83. The van der Waals surface area contributed by atoms with Crippen molar-refractivity contribution in [3.05, 3.63) is 28.8 Å². The summed E-state index contributed by atoms with van der Waals surface area (Å²) in [5, 5.41) is 0.696. The molecule has 0 saturated carbocycles. The summed E-state index contributed by atoms with van der Waals surface area (Å²) in [4.78, 5) is 0. The molecule has 0 bridgehead atoms. The highest BCUT2D eigenvalue weighted by Crippen LogP contribution is 2.27. The van der Waals surface area contributed by atoms with Gasteiger partial charge in [0.2, 0.25) is 0 Å². The maximum Gasteiger partial charge on any atom is 0.124 e. The van der Waals surface area contributed by atoms with Crippen molar-refractivity contribution in [2.24, 2.45) is 5.73 Å². The lowest BCUT2D eigenvalue weighted by Gasteiger charge is -2.13. The van der Waals surface area contributed by atoms with E-state index >= 15 is 0 Å². The van der Waals surface area contributed by atoms with Gasteiger partial charge in [0.1, 0.15) is 5.75 Å². The van der Waals surface area contributed by atoms with Crippen molar-refractivity contribution < 1.29 is 4.74 Å². The normalized spacial score (nSPS) is 12.6. The smallest absolute Gasteiger partial charge is 0.124 e. The molecule has 0 saturated heterocycles. The van der Waals surface area contributed by atoms with Crippen LogP contribution in [0.25, 0.3) is 0 Å². The molecule has 1 atom stereocenters. The van der Waals surface area contributed by atoms with Crippen molar-refractivity contribution >= 4 is 11.6 Å². The molecule has 0 aliphatic heterocycles. The minimum absolute atomic E-state index is 0.0550. The Labute approximate surface area is 90.0 Å². The minimum atomic E-state index is -0.0550. The Balaban J connectivity index is 2.90. The van der Waals surface area contributed by atoms with Gasteiger partial charge in [-0.05, 0) is 31.5 Å². The summed E-state index contributed by atoms with van der Waals surface area (Å²) in [6.07, 6.45) is 0.987. The Bertz CT molecular complexity index is 299. The molecule has 2 N–H and O–H groups in total. The fourth-order valence-electron chi connectivity index (χ4n) is 1.22. The van der Waals surface area contributed by atoms with Gasteiger partial charge in [0, 0.05) is 16.6 Å². The lowest BCUT2D eigenvalue weighted by Crippen LogP contribution is -2.08. The van der Waals surface area contributed by atoms with Gasteiger partial charge < -0.3 is 10.5 Å². The van der Waals surface area contributed by atoms with Crippen LogP contribution in [0.15, 0.2) is 18.2 Å². The second-order valence-corrected chi connectivity index (χ2v) is 3.76. The van der Waals surface area contributed by atoms with Crippen molar-refractivity contribution in [1.29, 1.82) is 0 Å². The van der Waals surface area contributed by atoms with E-state index in [-0.39, 0.29) is 6.04 Å². The number of ether oxygens (including phenoxy) is 1. The largest absolute Gasteiger partial charge is 0.493 e. The Morgan fingerprint density at radius 1 is 1.50 bits per heavy atom. The van der Waals surface area contributed by atoms with Gasteiger partial charge in [0.05, 0.1) is 6.61 Å². The van der Waals surface area contributed by atoms with E-state index in [9.17, 15) is 0 Å². The topological polar surface area (TPSA) is 35.2 Å². The van der Waals surface area contributed by atoms with Gasteiger partial charge in [-0.25, -0.2) is 0 Å². The van der Waals surface area contributed by atoms with Crippen LogP contribution in [0.3, 0.4) is 0 Å². The third-order valence-electron chi connectivity index (χ3n) is 1.92. The van der Waals surface area contributed by atoms with Gasteiger partial charge in [-0.15, -0.1) is 0 Å². The number of hydrogen-bond donors (Lipinski definition) is 1. The van der Waals surface area contributed by atoms with Gasteiger partial charge in [0.15, 0.2) is 0 Å². The summed E-state index contributed by atoms with van der Waals surface area (Å²) in [5.74, 6) is 0.839. The quantitative estimate of drug-likeness (QED) is 0.834. The summed E-state index contributed by atoms with van der Waals surface area (Å²) in [7, 11) is 0. The van der Waals surface area contributed by atoms with Crippen LogP contribution in [0.5, 0.6) is 5.75 Å². The standard InChI is InChI=1S/C11H16ClNO/c1-3-6-14-11-5-4-9(12)7-10(11)8(2)13/h4-5,7-8H,3,6,13H2,1-2H3/t8-/m1/s1. The maximum atomic E-state index is 5.88. The van der Waals surface area contributed by atoms with Crippen LogP contribution in [0.4, 0.5) is 0 Å². The van der Waals surface area contributed by atoms with Crippen LogP contribution in [-0.4, -0.2) is 6.61 Å². The highest BCUT2D eigenvalue weighted by Gasteiger charge is 2.08. The van der Waals surface area contributed by atoms with E-state index in [0.29, 0.717) is 11.6 Å². The molecule has 0 radical (unpaired) electrons. The maximum absolute atomic E-state index is 5.88. The van der Waals surface area contributed by atoms with Crippen molar-refractivity contribution in [1.82, 2.24) is 0 Å². The predicted octanol–water partition coefficient (Wildman–Crippen LogP) is 3.15. The molecule has 1 aromatic rings. The molecule has 0 heterocycles. The Hall–Kier alpha value is -0.730. The van der Waals surface area contributed by atoms with Crippen LogP contribution < -0.4 is 10.5 Å². The molecular weight excluding hydrogens is 198 g/mol. The van der Waals surface area contributed by atoms with Gasteiger partial charge in [0.25, 0.3) is 0 Å². The van der Waals surface area contributed by atoms with E-state index < -0.39 is 0 Å². The Morgan fingerprint density at radius 2 is 2.21 bits per heavy atom. The molecule has 2 nitrogen and oxygen atoms in total. The van der Waals surface area contributed by atoms with E-state index in [4.69, 9.17) is 22.1 Å². The van der Waals surface area contributed by atoms with Crippen LogP contribution >= 0.6 is 11.6 Å². The zero-order valence-corrected chi connectivity index (χ0v) is 9.34. The Kier molecular flexibility index (Phi) is 4.23. The van der Waals surface area contributed by atoms with Crippen LogP contribution in [0.1, 0.15) is 31.9 Å². The van der Waals surface area contributed by atoms with Crippen LogP contribution in [-0.2, 0) is 0 Å². The zero-order chi connectivity index (χ0) is 10.6. The second-order valence-electron chi connectivity index (χ2n) is 3.32. The average molecular weight is 214 g/mol. The molecule has 3 heteroatoms. The third-order valence-corrected chi connectivity index (χ3v) is 2.16. The molecule has 0 spiro atoms. The van der Waals surface area contributed by atoms with Crippen molar-refractivity contribution in [2.45, 2.75) is 26.3 Å². The number of benzene rings is 1. The number of nitrogens with two attached hydrogens (primary N) is 1. The SMILES string of the molecule is CCCOc1ccc(Cl)cc1[C@@H](C)N. The fourth-order valence-corrected chi connectivity index (χ4v) is 1.40. The van der Waals surface area contributed by atoms with Crippen molar-refractivity contribution in [2.75, 3.05) is 6.61 Å². The summed E-state index contributed by atoms with van der Waals surface area (Å²) >= 11 is 5.88. The zero-order valence-electron chi connectivity index (χ0n) is 8.59. The predicted molar refractivity (Wildman–Crippen MR) is 59.8 cm³/mol. The molecule has 0 aliphatic carbocycles. The first-order chi connectivity index (χ1) is 6.65. The molecule has 0 amide bonds. The van der Waals surface area contributed by atoms with Gasteiger partial charge >= 0.3 is 0 Å². The van der Waals surface area contributed by atoms with E-state index in [1.807, 2.05) is 25.1 Å². The third kappa shape index (κ3) is 2.89. The molecule has 0 aromatic heterocycles. The molecular formula is C11H16ClNO. The van der Waals surface area contributed by atoms with Gasteiger partial charge in [-0.3, -0.25) is 0 Å². The molecule has 0 unspecified atom stereocenters. The average Bonchev–Trinajstić information content (AvgIpc) is 2.15. The van der Waals surface area contributed by atoms with E-state index in [1.54, 1.807) is 0 Å². The minimum Gasteiger partial charge on any atom is -0.493 e. The van der Waals surface area contributed by atoms with Crippen molar-refractivity contribution in [3.63, 3.8) is 0 Å². The lowest BCUT2D eigenvalue weighted by molar-refractivity contribution is 0.312. The summed E-state index contributed by atoms with van der Waals surface area (Å²) in [6, 6.07) is 5.49.